The van der Waals surface area contributed by atoms with Gasteiger partial charge in [0.1, 0.15) is 0 Å². The maximum atomic E-state index is 5.80. The zero-order valence-corrected chi connectivity index (χ0v) is 10.3. The van der Waals surface area contributed by atoms with E-state index in [9.17, 15) is 0 Å². The van der Waals surface area contributed by atoms with Crippen molar-refractivity contribution in [3.05, 3.63) is 12.2 Å². The molecule has 16 heavy (non-hydrogen) atoms. The Balaban J connectivity index is 1.73. The summed E-state index contributed by atoms with van der Waals surface area (Å²) in [5.41, 5.74) is 5.80. The lowest BCUT2D eigenvalue weighted by Gasteiger charge is -2.34. The van der Waals surface area contributed by atoms with Crippen molar-refractivity contribution in [2.24, 2.45) is 5.73 Å². The first kappa shape index (κ1) is 12.1. The van der Waals surface area contributed by atoms with Crippen LogP contribution in [0.4, 0.5) is 0 Å². The summed E-state index contributed by atoms with van der Waals surface area (Å²) >= 11 is 0. The summed E-state index contributed by atoms with van der Waals surface area (Å²) < 4.78 is 0. The maximum Gasteiger partial charge on any atom is 0.0401 e. The van der Waals surface area contributed by atoms with Crippen LogP contribution in [0.2, 0.25) is 0 Å². The van der Waals surface area contributed by atoms with Crippen LogP contribution in [-0.4, -0.2) is 55.1 Å². The van der Waals surface area contributed by atoms with E-state index in [1.54, 1.807) is 0 Å². The number of piperidine rings is 1. The van der Waals surface area contributed by atoms with Crippen molar-refractivity contribution >= 4 is 0 Å². The number of nitrogens with zero attached hydrogens (tertiary/aromatic N) is 2. The van der Waals surface area contributed by atoms with Crippen molar-refractivity contribution in [3.8, 4) is 0 Å². The molecule has 3 nitrogen and oxygen atoms in total. The lowest BCUT2D eigenvalue weighted by molar-refractivity contribution is 0.163. The van der Waals surface area contributed by atoms with Crippen molar-refractivity contribution in [1.82, 2.24) is 9.80 Å². The van der Waals surface area contributed by atoms with Gasteiger partial charge in [-0.2, -0.15) is 0 Å². The van der Waals surface area contributed by atoms with Crippen molar-refractivity contribution in [2.75, 3.05) is 39.3 Å². The Bertz CT molecular complexity index is 221. The van der Waals surface area contributed by atoms with Gasteiger partial charge in [-0.1, -0.05) is 18.6 Å². The summed E-state index contributed by atoms with van der Waals surface area (Å²) in [6, 6.07) is 0.485. The van der Waals surface area contributed by atoms with Crippen LogP contribution in [0.3, 0.4) is 0 Å². The fourth-order valence-corrected chi connectivity index (χ4v) is 2.74. The Morgan fingerprint density at radius 2 is 1.88 bits per heavy atom. The lowest BCUT2D eigenvalue weighted by Crippen LogP contribution is -2.46. The first-order valence-corrected chi connectivity index (χ1v) is 6.73. The number of likely N-dealkylation sites (tertiary alicyclic amines) is 1. The summed E-state index contributed by atoms with van der Waals surface area (Å²) in [6.45, 7) is 6.97. The number of hydrogen-bond donors (Lipinski definition) is 1. The Labute approximate surface area is 99.3 Å². The molecule has 1 atom stereocenters. The predicted octanol–water partition coefficient (Wildman–Crippen LogP) is 1.06. The molecule has 0 radical (unpaired) electrons. The second kappa shape index (κ2) is 6.38. The number of hydrogen-bond acceptors (Lipinski definition) is 3. The third-order valence-corrected chi connectivity index (χ3v) is 3.80. The van der Waals surface area contributed by atoms with Gasteiger partial charge in [0.2, 0.25) is 0 Å². The normalized spacial score (nSPS) is 28.4. The second-order valence-corrected chi connectivity index (χ2v) is 4.96. The molecule has 2 aliphatic rings. The minimum Gasteiger partial charge on any atom is -0.329 e. The van der Waals surface area contributed by atoms with Gasteiger partial charge >= 0.3 is 0 Å². The first-order chi connectivity index (χ1) is 7.90. The second-order valence-electron chi connectivity index (χ2n) is 4.96. The van der Waals surface area contributed by atoms with E-state index >= 15 is 0 Å². The SMILES string of the molecule is NCC1C=CCCN1CCN1CCCCC1. The third-order valence-electron chi connectivity index (χ3n) is 3.80. The summed E-state index contributed by atoms with van der Waals surface area (Å²) in [4.78, 5) is 5.14. The molecule has 0 amide bonds. The van der Waals surface area contributed by atoms with E-state index in [-0.39, 0.29) is 0 Å². The van der Waals surface area contributed by atoms with E-state index in [0.29, 0.717) is 6.04 Å². The Morgan fingerprint density at radius 1 is 1.06 bits per heavy atom. The molecule has 2 N–H and O–H groups in total. The molecule has 2 rings (SSSR count). The lowest BCUT2D eigenvalue weighted by atomic mass is 10.1. The quantitative estimate of drug-likeness (QED) is 0.723. The van der Waals surface area contributed by atoms with Crippen LogP contribution in [0, 0.1) is 0 Å². The molecule has 0 aliphatic carbocycles. The molecule has 0 aromatic heterocycles. The summed E-state index contributed by atoms with van der Waals surface area (Å²) in [6.07, 6.45) is 9.94. The van der Waals surface area contributed by atoms with Crippen LogP contribution in [0.5, 0.6) is 0 Å². The van der Waals surface area contributed by atoms with Gasteiger partial charge in [0.15, 0.2) is 0 Å². The highest BCUT2D eigenvalue weighted by Crippen LogP contribution is 2.11. The molecule has 0 spiro atoms. The highest BCUT2D eigenvalue weighted by atomic mass is 15.2. The van der Waals surface area contributed by atoms with Gasteiger partial charge < -0.3 is 10.6 Å². The number of nitrogens with two attached hydrogens (primary N) is 1. The van der Waals surface area contributed by atoms with Gasteiger partial charge in [-0.05, 0) is 32.4 Å². The van der Waals surface area contributed by atoms with E-state index in [0.717, 1.165) is 6.54 Å². The summed E-state index contributed by atoms with van der Waals surface area (Å²) in [7, 11) is 0. The molecule has 0 aromatic carbocycles. The van der Waals surface area contributed by atoms with Crippen LogP contribution in [-0.2, 0) is 0 Å². The van der Waals surface area contributed by atoms with Gasteiger partial charge in [0, 0.05) is 32.2 Å². The molecule has 0 bridgehead atoms. The Kier molecular flexibility index (Phi) is 4.82. The monoisotopic (exact) mass is 223 g/mol. The molecule has 0 saturated carbocycles. The Morgan fingerprint density at radius 3 is 2.62 bits per heavy atom. The van der Waals surface area contributed by atoms with Gasteiger partial charge in [-0.15, -0.1) is 0 Å². The molecule has 2 heterocycles. The largest absolute Gasteiger partial charge is 0.329 e. The smallest absolute Gasteiger partial charge is 0.0401 e. The fraction of sp³-hybridized carbons (Fsp3) is 0.846. The summed E-state index contributed by atoms with van der Waals surface area (Å²) in [5, 5.41) is 0. The van der Waals surface area contributed by atoms with Crippen molar-refractivity contribution in [3.63, 3.8) is 0 Å². The van der Waals surface area contributed by atoms with E-state index < -0.39 is 0 Å². The average molecular weight is 223 g/mol. The van der Waals surface area contributed by atoms with E-state index in [2.05, 4.69) is 22.0 Å². The summed E-state index contributed by atoms with van der Waals surface area (Å²) in [5.74, 6) is 0. The van der Waals surface area contributed by atoms with E-state index in [4.69, 9.17) is 5.73 Å². The van der Waals surface area contributed by atoms with Crippen molar-refractivity contribution in [2.45, 2.75) is 31.7 Å². The van der Waals surface area contributed by atoms with Crippen LogP contribution in [0.25, 0.3) is 0 Å². The molecule has 1 fully saturated rings. The molecule has 1 saturated heterocycles. The van der Waals surface area contributed by atoms with Gasteiger partial charge in [0.25, 0.3) is 0 Å². The predicted molar refractivity (Wildman–Crippen MR) is 68.5 cm³/mol. The number of rotatable bonds is 4. The van der Waals surface area contributed by atoms with Crippen LogP contribution in [0.1, 0.15) is 25.7 Å². The zero-order chi connectivity index (χ0) is 11.2. The molecule has 0 aromatic rings. The molecule has 3 heteroatoms. The van der Waals surface area contributed by atoms with E-state index in [1.807, 2.05) is 0 Å². The van der Waals surface area contributed by atoms with Crippen LogP contribution >= 0.6 is 0 Å². The molecular formula is C13H25N3. The van der Waals surface area contributed by atoms with Crippen LogP contribution < -0.4 is 5.73 Å². The minimum atomic E-state index is 0.485. The maximum absolute atomic E-state index is 5.80. The van der Waals surface area contributed by atoms with Gasteiger partial charge in [-0.3, -0.25) is 4.90 Å². The molecule has 92 valence electrons. The molecular weight excluding hydrogens is 198 g/mol. The zero-order valence-electron chi connectivity index (χ0n) is 10.3. The third kappa shape index (κ3) is 3.30. The van der Waals surface area contributed by atoms with Gasteiger partial charge in [0.05, 0.1) is 0 Å². The molecule has 2 aliphatic heterocycles. The highest BCUT2D eigenvalue weighted by molar-refractivity contribution is 5.00. The highest BCUT2D eigenvalue weighted by Gasteiger charge is 2.18. The topological polar surface area (TPSA) is 32.5 Å². The van der Waals surface area contributed by atoms with Crippen molar-refractivity contribution in [1.29, 1.82) is 0 Å². The fourth-order valence-electron chi connectivity index (χ4n) is 2.74. The van der Waals surface area contributed by atoms with Crippen LogP contribution in [0.15, 0.2) is 12.2 Å². The van der Waals surface area contributed by atoms with Crippen molar-refractivity contribution < 1.29 is 0 Å². The first-order valence-electron chi connectivity index (χ1n) is 6.73. The Hall–Kier alpha value is -0.380. The molecule has 1 unspecified atom stereocenters. The van der Waals surface area contributed by atoms with Gasteiger partial charge in [-0.25, -0.2) is 0 Å². The standard InChI is InChI=1S/C13H25N3/c14-12-13-6-2-5-9-16(13)11-10-15-7-3-1-4-8-15/h2,6,13H,1,3-5,7-12,14H2. The minimum absolute atomic E-state index is 0.485. The average Bonchev–Trinajstić information content (AvgIpc) is 2.38. The van der Waals surface area contributed by atoms with E-state index in [1.165, 1.54) is 58.4 Å².